The first-order valence-electron chi connectivity index (χ1n) is 7.28. The molecule has 0 saturated heterocycles. The molecule has 0 heterocycles. The van der Waals surface area contributed by atoms with Gasteiger partial charge in [0, 0.05) is 17.7 Å². The molecule has 0 aliphatic heterocycles. The quantitative estimate of drug-likeness (QED) is 0.410. The fraction of sp³-hybridized carbons (Fsp3) is 0.0625. The predicted molar refractivity (Wildman–Crippen MR) is 96.4 cm³/mol. The van der Waals surface area contributed by atoms with Gasteiger partial charge in [-0.2, -0.15) is 0 Å². The van der Waals surface area contributed by atoms with Crippen molar-refractivity contribution in [3.63, 3.8) is 0 Å². The van der Waals surface area contributed by atoms with Crippen molar-refractivity contribution >= 4 is 34.8 Å². The smallest absolute Gasteiger partial charge is 0.276 e. The molecule has 9 nitrogen and oxygen atoms in total. The fourth-order valence-electron chi connectivity index (χ4n) is 1.80. The highest BCUT2D eigenvalue weighted by Crippen LogP contribution is 2.12. The van der Waals surface area contributed by atoms with E-state index in [1.165, 1.54) is 18.2 Å². The number of rotatable bonds is 5. The van der Waals surface area contributed by atoms with Crippen LogP contribution in [0.15, 0.2) is 54.6 Å². The van der Waals surface area contributed by atoms with Gasteiger partial charge in [0.2, 0.25) is 0 Å². The number of hydrogen-bond acceptors (Lipinski definition) is 6. The Bertz CT molecular complexity index is 828. The number of hydrogen-bond donors (Lipinski definition) is 3. The maximum Gasteiger partial charge on any atom is 0.276 e. The van der Waals surface area contributed by atoms with E-state index in [4.69, 9.17) is 17.0 Å². The van der Waals surface area contributed by atoms with E-state index in [2.05, 4.69) is 16.2 Å². The summed E-state index contributed by atoms with van der Waals surface area (Å²) in [6.45, 7) is -0.252. The molecule has 3 N–H and O–H groups in total. The van der Waals surface area contributed by atoms with Crippen LogP contribution in [-0.4, -0.2) is 28.5 Å². The lowest BCUT2D eigenvalue weighted by molar-refractivity contribution is -0.384. The zero-order valence-electron chi connectivity index (χ0n) is 13.3. The molecular formula is C16H14N4O5S. The van der Waals surface area contributed by atoms with Crippen LogP contribution in [0.1, 0.15) is 10.4 Å². The van der Waals surface area contributed by atoms with Gasteiger partial charge in [-0.3, -0.25) is 35.9 Å². The molecule has 0 bridgehead atoms. The summed E-state index contributed by atoms with van der Waals surface area (Å²) < 4.78 is 5.24. The largest absolute Gasteiger partial charge is 0.484 e. The van der Waals surface area contributed by atoms with Crippen molar-refractivity contribution in [2.75, 3.05) is 6.61 Å². The van der Waals surface area contributed by atoms with Crippen molar-refractivity contribution in [1.29, 1.82) is 0 Å². The number of carbonyl (C=O) groups is 2. The van der Waals surface area contributed by atoms with Crippen LogP contribution in [0.4, 0.5) is 5.69 Å². The molecule has 2 rings (SSSR count). The average Bonchev–Trinajstić information content (AvgIpc) is 2.65. The van der Waals surface area contributed by atoms with E-state index >= 15 is 0 Å². The van der Waals surface area contributed by atoms with Crippen LogP contribution in [0.3, 0.4) is 0 Å². The Labute approximate surface area is 153 Å². The SMILES string of the molecule is O=C(COc1ccccc1)NNC(=S)NC(=O)c1cccc([N+](=O)[O-])c1. The summed E-state index contributed by atoms with van der Waals surface area (Å²) in [6, 6.07) is 13.9. The number of amides is 2. The summed E-state index contributed by atoms with van der Waals surface area (Å²) in [5, 5.41) is 12.8. The summed E-state index contributed by atoms with van der Waals surface area (Å²) in [4.78, 5) is 33.7. The second kappa shape index (κ2) is 9.08. The van der Waals surface area contributed by atoms with Gasteiger partial charge in [-0.1, -0.05) is 24.3 Å². The molecule has 0 aliphatic carbocycles. The number of thiocarbonyl (C=S) groups is 1. The number of nitrogens with one attached hydrogen (secondary N) is 3. The molecular weight excluding hydrogens is 360 g/mol. The third-order valence-electron chi connectivity index (χ3n) is 2.97. The summed E-state index contributed by atoms with van der Waals surface area (Å²) in [6.07, 6.45) is 0. The zero-order chi connectivity index (χ0) is 18.9. The maximum atomic E-state index is 12.0. The van der Waals surface area contributed by atoms with E-state index in [0.29, 0.717) is 5.75 Å². The number of nitro benzene ring substituents is 1. The minimum atomic E-state index is -0.652. The standard InChI is InChI=1S/C16H14N4O5S/c21-14(10-25-13-7-2-1-3-8-13)18-19-16(26)17-15(22)11-5-4-6-12(9-11)20(23)24/h1-9H,10H2,(H,18,21)(H2,17,19,22,26). The van der Waals surface area contributed by atoms with E-state index in [1.54, 1.807) is 24.3 Å². The van der Waals surface area contributed by atoms with Gasteiger partial charge in [0.05, 0.1) is 4.92 Å². The van der Waals surface area contributed by atoms with Crippen molar-refractivity contribution < 1.29 is 19.2 Å². The Balaban J connectivity index is 1.77. The second-order valence-electron chi connectivity index (χ2n) is 4.87. The van der Waals surface area contributed by atoms with Crippen molar-refractivity contribution in [2.24, 2.45) is 0 Å². The molecule has 2 amide bonds. The lowest BCUT2D eigenvalue weighted by atomic mass is 10.2. The van der Waals surface area contributed by atoms with Gasteiger partial charge >= 0.3 is 0 Å². The molecule has 2 aromatic rings. The van der Waals surface area contributed by atoms with E-state index in [9.17, 15) is 19.7 Å². The number of nitro groups is 1. The number of non-ortho nitro benzene ring substituents is 1. The third kappa shape index (κ3) is 5.83. The van der Waals surface area contributed by atoms with Crippen LogP contribution >= 0.6 is 12.2 Å². The molecule has 0 spiro atoms. The van der Waals surface area contributed by atoms with Crippen LogP contribution < -0.4 is 20.9 Å². The fourth-order valence-corrected chi connectivity index (χ4v) is 1.94. The molecule has 0 radical (unpaired) electrons. The lowest BCUT2D eigenvalue weighted by Gasteiger charge is -2.11. The van der Waals surface area contributed by atoms with Gasteiger partial charge in [-0.15, -0.1) is 0 Å². The molecule has 0 aromatic heterocycles. The molecule has 0 saturated carbocycles. The number of ether oxygens (including phenoxy) is 1. The first-order chi connectivity index (χ1) is 12.5. The van der Waals surface area contributed by atoms with E-state index in [-0.39, 0.29) is 23.0 Å². The molecule has 2 aromatic carbocycles. The highest BCUT2D eigenvalue weighted by atomic mass is 32.1. The van der Waals surface area contributed by atoms with Gasteiger partial charge < -0.3 is 4.74 Å². The molecule has 0 atom stereocenters. The topological polar surface area (TPSA) is 123 Å². The van der Waals surface area contributed by atoms with Crippen molar-refractivity contribution in [1.82, 2.24) is 16.2 Å². The summed E-state index contributed by atoms with van der Waals surface area (Å²) in [5.41, 5.74) is 4.44. The van der Waals surface area contributed by atoms with Crippen LogP contribution in [0.25, 0.3) is 0 Å². The highest BCUT2D eigenvalue weighted by molar-refractivity contribution is 7.80. The normalized spacial score (nSPS) is 9.69. The van der Waals surface area contributed by atoms with Gasteiger partial charge in [0.15, 0.2) is 11.7 Å². The lowest BCUT2D eigenvalue weighted by Crippen LogP contribution is -2.49. The first kappa shape index (κ1) is 18.8. The van der Waals surface area contributed by atoms with E-state index in [0.717, 1.165) is 6.07 Å². The summed E-state index contributed by atoms with van der Waals surface area (Å²) >= 11 is 4.88. The third-order valence-corrected chi connectivity index (χ3v) is 3.18. The number of hydrazine groups is 1. The average molecular weight is 374 g/mol. The Morgan fingerprint density at radius 1 is 1.08 bits per heavy atom. The molecule has 26 heavy (non-hydrogen) atoms. The number of benzene rings is 2. The van der Waals surface area contributed by atoms with Crippen molar-refractivity contribution in [3.8, 4) is 5.75 Å². The summed E-state index contributed by atoms with van der Waals surface area (Å²) in [7, 11) is 0. The Hall–Kier alpha value is -3.53. The number of nitrogens with zero attached hydrogens (tertiary/aromatic N) is 1. The first-order valence-corrected chi connectivity index (χ1v) is 7.69. The monoisotopic (exact) mass is 374 g/mol. The zero-order valence-corrected chi connectivity index (χ0v) is 14.1. The van der Waals surface area contributed by atoms with Crippen molar-refractivity contribution in [3.05, 3.63) is 70.3 Å². The predicted octanol–water partition coefficient (Wildman–Crippen LogP) is 1.31. The van der Waals surface area contributed by atoms with Gasteiger partial charge in [-0.25, -0.2) is 0 Å². The molecule has 134 valence electrons. The highest BCUT2D eigenvalue weighted by Gasteiger charge is 2.13. The minimum Gasteiger partial charge on any atom is -0.484 e. The Morgan fingerprint density at radius 3 is 2.50 bits per heavy atom. The molecule has 0 aliphatic rings. The van der Waals surface area contributed by atoms with Crippen molar-refractivity contribution in [2.45, 2.75) is 0 Å². The second-order valence-corrected chi connectivity index (χ2v) is 5.27. The van der Waals surface area contributed by atoms with Crippen LogP contribution in [-0.2, 0) is 4.79 Å². The maximum absolute atomic E-state index is 12.0. The van der Waals surface area contributed by atoms with Crippen LogP contribution in [0.2, 0.25) is 0 Å². The van der Waals surface area contributed by atoms with Crippen LogP contribution in [0, 0.1) is 10.1 Å². The molecule has 0 fully saturated rings. The van der Waals surface area contributed by atoms with Gasteiger partial charge in [0.1, 0.15) is 5.75 Å². The Kier molecular flexibility index (Phi) is 6.57. The summed E-state index contributed by atoms with van der Waals surface area (Å²) in [5.74, 6) is -0.633. The number of para-hydroxylation sites is 1. The minimum absolute atomic E-state index is 0.0575. The molecule has 10 heteroatoms. The van der Waals surface area contributed by atoms with E-state index < -0.39 is 16.7 Å². The van der Waals surface area contributed by atoms with Gasteiger partial charge in [-0.05, 0) is 30.4 Å². The van der Waals surface area contributed by atoms with Gasteiger partial charge in [0.25, 0.3) is 17.5 Å². The van der Waals surface area contributed by atoms with Crippen LogP contribution in [0.5, 0.6) is 5.75 Å². The van der Waals surface area contributed by atoms with E-state index in [1.807, 2.05) is 6.07 Å². The Morgan fingerprint density at radius 2 is 1.81 bits per heavy atom. The molecule has 0 unspecified atom stereocenters. The number of carbonyl (C=O) groups excluding carboxylic acids is 2.